The molecule has 0 aromatic heterocycles. The number of nitrogens with two attached hydrogens (primary N) is 1. The van der Waals surface area contributed by atoms with Gasteiger partial charge in [0.15, 0.2) is 0 Å². The normalized spacial score (nSPS) is 15.4. The quantitative estimate of drug-likeness (QED) is 0.790. The molecule has 0 amide bonds. The molecule has 1 nitrogen and oxygen atoms in total. The van der Waals surface area contributed by atoms with Crippen molar-refractivity contribution in [3.8, 4) is 0 Å². The summed E-state index contributed by atoms with van der Waals surface area (Å²) in [5.41, 5.74) is 7.19. The van der Waals surface area contributed by atoms with Gasteiger partial charge in [0.2, 0.25) is 0 Å². The average molecular weight is 198 g/mol. The van der Waals surface area contributed by atoms with E-state index in [0.29, 0.717) is 5.92 Å². The molecule has 0 fully saturated rings. The molecule has 72 valence electrons. The molecular formula is C11H16ClN. The molecule has 13 heavy (non-hydrogen) atoms. The number of hydrogen-bond acceptors (Lipinski definition) is 1. The van der Waals surface area contributed by atoms with E-state index in [4.69, 9.17) is 17.3 Å². The van der Waals surface area contributed by atoms with Crippen LogP contribution in [0.2, 0.25) is 5.02 Å². The Labute approximate surface area is 84.9 Å². The topological polar surface area (TPSA) is 26.0 Å². The van der Waals surface area contributed by atoms with E-state index < -0.39 is 0 Å². The highest BCUT2D eigenvalue weighted by Gasteiger charge is 2.12. The van der Waals surface area contributed by atoms with Gasteiger partial charge in [0.25, 0.3) is 0 Å². The van der Waals surface area contributed by atoms with Crippen molar-refractivity contribution in [1.82, 2.24) is 0 Å². The van der Waals surface area contributed by atoms with E-state index in [9.17, 15) is 0 Å². The predicted molar refractivity (Wildman–Crippen MR) is 57.8 cm³/mol. The van der Waals surface area contributed by atoms with Crippen LogP contribution in [0.15, 0.2) is 24.3 Å². The Bertz CT molecular complexity index is 273. The van der Waals surface area contributed by atoms with Crippen LogP contribution in [0.4, 0.5) is 0 Å². The van der Waals surface area contributed by atoms with E-state index in [0.717, 1.165) is 17.0 Å². The van der Waals surface area contributed by atoms with E-state index in [-0.39, 0.29) is 6.04 Å². The molecule has 2 heteroatoms. The Kier molecular flexibility index (Phi) is 3.76. The summed E-state index contributed by atoms with van der Waals surface area (Å²) in [5.74, 6) is 0.499. The highest BCUT2D eigenvalue weighted by molar-refractivity contribution is 6.30. The number of rotatable bonds is 3. The van der Waals surface area contributed by atoms with Crippen LogP contribution in [0.3, 0.4) is 0 Å². The zero-order valence-electron chi connectivity index (χ0n) is 8.13. The predicted octanol–water partition coefficient (Wildman–Crippen LogP) is 3.39. The third kappa shape index (κ3) is 2.71. The van der Waals surface area contributed by atoms with E-state index in [1.165, 1.54) is 0 Å². The van der Waals surface area contributed by atoms with E-state index in [1.807, 2.05) is 24.3 Å². The summed E-state index contributed by atoms with van der Waals surface area (Å²) in [6.45, 7) is 4.31. The monoisotopic (exact) mass is 197 g/mol. The van der Waals surface area contributed by atoms with Gasteiger partial charge in [-0.1, -0.05) is 44.0 Å². The molecule has 0 radical (unpaired) electrons. The van der Waals surface area contributed by atoms with Crippen LogP contribution >= 0.6 is 11.6 Å². The molecule has 0 saturated heterocycles. The molecule has 0 aliphatic heterocycles. The number of benzene rings is 1. The lowest BCUT2D eigenvalue weighted by Gasteiger charge is -2.18. The molecule has 0 aliphatic rings. The summed E-state index contributed by atoms with van der Waals surface area (Å²) in [4.78, 5) is 0. The molecule has 1 aromatic rings. The fourth-order valence-corrected chi connectivity index (χ4v) is 1.50. The van der Waals surface area contributed by atoms with E-state index in [1.54, 1.807) is 0 Å². The summed E-state index contributed by atoms with van der Waals surface area (Å²) in [6.07, 6.45) is 1.09. The summed E-state index contributed by atoms with van der Waals surface area (Å²) in [6, 6.07) is 7.89. The fraction of sp³-hybridized carbons (Fsp3) is 0.455. The molecule has 2 N–H and O–H groups in total. The van der Waals surface area contributed by atoms with Crippen molar-refractivity contribution in [3.05, 3.63) is 34.9 Å². The van der Waals surface area contributed by atoms with Crippen LogP contribution in [0.1, 0.15) is 31.9 Å². The van der Waals surface area contributed by atoms with Gasteiger partial charge in [-0.3, -0.25) is 0 Å². The van der Waals surface area contributed by atoms with Crippen molar-refractivity contribution in [2.75, 3.05) is 0 Å². The third-order valence-corrected chi connectivity index (χ3v) is 2.73. The lowest BCUT2D eigenvalue weighted by atomic mass is 9.93. The Morgan fingerprint density at radius 3 is 2.69 bits per heavy atom. The van der Waals surface area contributed by atoms with Crippen LogP contribution in [-0.4, -0.2) is 0 Å². The maximum atomic E-state index is 6.06. The molecule has 0 spiro atoms. The van der Waals surface area contributed by atoms with E-state index in [2.05, 4.69) is 13.8 Å². The Morgan fingerprint density at radius 2 is 2.15 bits per heavy atom. The molecule has 1 aromatic carbocycles. The highest BCUT2D eigenvalue weighted by Crippen LogP contribution is 2.23. The molecule has 0 heterocycles. The molecule has 0 bridgehead atoms. The Balaban J connectivity index is 2.82. The first kappa shape index (κ1) is 10.6. The van der Waals surface area contributed by atoms with Gasteiger partial charge < -0.3 is 5.73 Å². The van der Waals surface area contributed by atoms with Gasteiger partial charge in [-0.05, 0) is 23.6 Å². The summed E-state index contributed by atoms with van der Waals surface area (Å²) >= 11 is 5.88. The van der Waals surface area contributed by atoms with Crippen molar-refractivity contribution in [1.29, 1.82) is 0 Å². The van der Waals surface area contributed by atoms with Gasteiger partial charge in [0.05, 0.1) is 0 Å². The Hall–Kier alpha value is -0.530. The van der Waals surface area contributed by atoms with Crippen molar-refractivity contribution >= 4 is 11.6 Å². The molecule has 1 rings (SSSR count). The first-order chi connectivity index (χ1) is 6.15. The second-order valence-corrected chi connectivity index (χ2v) is 3.90. The third-order valence-electron chi connectivity index (χ3n) is 2.49. The first-order valence-electron chi connectivity index (χ1n) is 4.66. The number of halogens is 1. The molecular weight excluding hydrogens is 182 g/mol. The van der Waals surface area contributed by atoms with Crippen LogP contribution < -0.4 is 5.73 Å². The number of hydrogen-bond donors (Lipinski definition) is 1. The summed E-state index contributed by atoms with van der Waals surface area (Å²) in [7, 11) is 0. The van der Waals surface area contributed by atoms with Gasteiger partial charge in [-0.2, -0.15) is 0 Å². The zero-order chi connectivity index (χ0) is 9.84. The van der Waals surface area contributed by atoms with Crippen molar-refractivity contribution < 1.29 is 0 Å². The van der Waals surface area contributed by atoms with Crippen molar-refractivity contribution in [2.45, 2.75) is 26.3 Å². The first-order valence-corrected chi connectivity index (χ1v) is 5.04. The molecule has 0 aliphatic carbocycles. The minimum atomic E-state index is 0.101. The van der Waals surface area contributed by atoms with Crippen LogP contribution in [0, 0.1) is 5.92 Å². The highest BCUT2D eigenvalue weighted by atomic mass is 35.5. The van der Waals surface area contributed by atoms with Crippen LogP contribution in [0.25, 0.3) is 0 Å². The lowest BCUT2D eigenvalue weighted by Crippen LogP contribution is -2.18. The largest absolute Gasteiger partial charge is 0.324 e. The smallest absolute Gasteiger partial charge is 0.0409 e. The van der Waals surface area contributed by atoms with Gasteiger partial charge in [-0.15, -0.1) is 0 Å². The molecule has 2 atom stereocenters. The molecule has 0 saturated carbocycles. The van der Waals surface area contributed by atoms with Crippen LogP contribution in [-0.2, 0) is 0 Å². The maximum Gasteiger partial charge on any atom is 0.0409 e. The molecule has 2 unspecified atom stereocenters. The minimum Gasteiger partial charge on any atom is -0.324 e. The van der Waals surface area contributed by atoms with Crippen LogP contribution in [0.5, 0.6) is 0 Å². The standard InChI is InChI=1S/C11H16ClN/c1-3-8(2)11(13)9-5-4-6-10(12)7-9/h4-8,11H,3,13H2,1-2H3. The van der Waals surface area contributed by atoms with E-state index >= 15 is 0 Å². The fourth-order valence-electron chi connectivity index (χ4n) is 1.30. The van der Waals surface area contributed by atoms with Gasteiger partial charge >= 0.3 is 0 Å². The van der Waals surface area contributed by atoms with Gasteiger partial charge in [0.1, 0.15) is 0 Å². The average Bonchev–Trinajstić information content (AvgIpc) is 2.15. The summed E-state index contributed by atoms with van der Waals surface area (Å²) in [5, 5.41) is 0.760. The zero-order valence-corrected chi connectivity index (χ0v) is 8.88. The summed E-state index contributed by atoms with van der Waals surface area (Å²) < 4.78 is 0. The maximum absolute atomic E-state index is 6.06. The SMILES string of the molecule is CCC(C)C(N)c1cccc(Cl)c1. The lowest BCUT2D eigenvalue weighted by molar-refractivity contribution is 0.457. The van der Waals surface area contributed by atoms with Gasteiger partial charge in [0, 0.05) is 11.1 Å². The minimum absolute atomic E-state index is 0.101. The van der Waals surface area contributed by atoms with Crippen molar-refractivity contribution in [3.63, 3.8) is 0 Å². The van der Waals surface area contributed by atoms with Crippen molar-refractivity contribution in [2.24, 2.45) is 11.7 Å². The Morgan fingerprint density at radius 1 is 1.46 bits per heavy atom. The second-order valence-electron chi connectivity index (χ2n) is 3.47. The van der Waals surface area contributed by atoms with Gasteiger partial charge in [-0.25, -0.2) is 0 Å². The second kappa shape index (κ2) is 4.64.